The van der Waals surface area contributed by atoms with Crippen molar-refractivity contribution in [2.75, 3.05) is 43.4 Å². The Hall–Kier alpha value is -4.27. The highest BCUT2D eigenvalue weighted by Crippen LogP contribution is 2.44. The van der Waals surface area contributed by atoms with Crippen molar-refractivity contribution in [2.45, 2.75) is 57.8 Å². The maximum Gasteiger partial charge on any atom is 0.257 e. The van der Waals surface area contributed by atoms with Crippen molar-refractivity contribution in [3.05, 3.63) is 71.4 Å². The van der Waals surface area contributed by atoms with Crippen molar-refractivity contribution in [1.29, 1.82) is 5.26 Å². The molecule has 0 saturated carbocycles. The molecule has 2 saturated heterocycles. The third kappa shape index (κ3) is 5.33. The summed E-state index contributed by atoms with van der Waals surface area (Å²) in [7, 11) is 1.68. The Bertz CT molecular complexity index is 1630. The van der Waals surface area contributed by atoms with Crippen LogP contribution in [0, 0.1) is 22.6 Å². The van der Waals surface area contributed by atoms with Crippen LogP contribution in [0.15, 0.2) is 48.9 Å². The zero-order valence-corrected chi connectivity index (χ0v) is 25.5. The van der Waals surface area contributed by atoms with Crippen LogP contribution >= 0.6 is 0 Å². The number of hydrogen-bond acceptors (Lipinski definition) is 9. The number of amides is 1. The number of rotatable bonds is 7. The molecule has 1 spiro atoms. The molecule has 3 aromatic rings. The van der Waals surface area contributed by atoms with Crippen LogP contribution in [-0.2, 0) is 12.0 Å². The molecule has 3 aliphatic heterocycles. The minimum absolute atomic E-state index is 0.0624. The van der Waals surface area contributed by atoms with Gasteiger partial charge < -0.3 is 25.0 Å². The van der Waals surface area contributed by atoms with Crippen LogP contribution in [-0.4, -0.2) is 76.3 Å². The van der Waals surface area contributed by atoms with Crippen molar-refractivity contribution in [3.8, 4) is 17.6 Å². The predicted molar refractivity (Wildman–Crippen MR) is 164 cm³/mol. The lowest BCUT2D eigenvalue weighted by atomic mass is 9.84. The van der Waals surface area contributed by atoms with Gasteiger partial charge in [-0.2, -0.15) is 5.26 Å². The number of carbonyl (C=O) groups excluding carboxylic acids is 1. The number of nitrogens with zero attached hydrogens (tertiary/aromatic N) is 6. The number of aromatic nitrogens is 2. The van der Waals surface area contributed by atoms with Crippen LogP contribution in [0.25, 0.3) is 0 Å². The van der Waals surface area contributed by atoms with Crippen LogP contribution < -0.4 is 15.0 Å². The quantitative estimate of drug-likeness (QED) is 0.404. The third-order valence-corrected chi connectivity index (χ3v) is 9.52. The molecule has 1 amide bonds. The van der Waals surface area contributed by atoms with Gasteiger partial charge in [-0.25, -0.2) is 14.4 Å². The Morgan fingerprint density at radius 2 is 2.02 bits per heavy atom. The van der Waals surface area contributed by atoms with E-state index in [0.29, 0.717) is 11.6 Å². The molecule has 0 radical (unpaired) electrons. The van der Waals surface area contributed by atoms with Gasteiger partial charge in [-0.3, -0.25) is 9.69 Å². The number of likely N-dealkylation sites (tertiary alicyclic amines) is 1. The second-order valence-corrected chi connectivity index (χ2v) is 12.8. The molecular weight excluding hydrogens is 561 g/mol. The van der Waals surface area contributed by atoms with E-state index in [2.05, 4.69) is 37.2 Å². The standard InChI is InChI=1S/C33H38FN7O3/c1-21(2)39(4)30(42)24-14-23(34)6-8-27(24)44-28-15-36-20-37-29(28)41-12-10-33(19-41)9-11-40(18-33)16-22-5-7-25-26(13-22)38-31(43)32(25,3)17-35/h5-8,13-15,20-21,31,38,43H,9-12,16,18-19H2,1-4H3. The number of anilines is 2. The molecule has 44 heavy (non-hydrogen) atoms. The van der Waals surface area contributed by atoms with E-state index in [9.17, 15) is 19.6 Å². The lowest BCUT2D eigenvalue weighted by Crippen LogP contribution is -2.34. The minimum atomic E-state index is -0.958. The van der Waals surface area contributed by atoms with Crippen molar-refractivity contribution >= 4 is 17.4 Å². The molecule has 1 aromatic heterocycles. The molecule has 3 aliphatic rings. The zero-order valence-electron chi connectivity index (χ0n) is 25.5. The number of hydrogen-bond donors (Lipinski definition) is 2. The van der Waals surface area contributed by atoms with E-state index in [1.54, 1.807) is 25.1 Å². The van der Waals surface area contributed by atoms with Gasteiger partial charge in [0.2, 0.25) is 0 Å². The molecule has 3 unspecified atom stereocenters. The Morgan fingerprint density at radius 1 is 1.23 bits per heavy atom. The second-order valence-electron chi connectivity index (χ2n) is 12.8. The van der Waals surface area contributed by atoms with E-state index in [1.807, 2.05) is 26.0 Å². The summed E-state index contributed by atoms with van der Waals surface area (Å²) in [5.41, 5.74) is 2.07. The fourth-order valence-corrected chi connectivity index (χ4v) is 6.61. The first-order chi connectivity index (χ1) is 21.0. The normalized spacial score (nSPS) is 24.4. The summed E-state index contributed by atoms with van der Waals surface area (Å²) in [6.45, 7) is 9.84. The van der Waals surface area contributed by atoms with E-state index in [1.165, 1.54) is 24.5 Å². The summed E-state index contributed by atoms with van der Waals surface area (Å²) in [5, 5.41) is 23.1. The molecule has 2 N–H and O–H groups in total. The van der Waals surface area contributed by atoms with E-state index < -0.39 is 17.5 Å². The molecule has 2 aromatic carbocycles. The third-order valence-electron chi connectivity index (χ3n) is 9.52. The van der Waals surface area contributed by atoms with Gasteiger partial charge in [-0.05, 0) is 75.5 Å². The number of fused-ring (bicyclic) bond motifs is 1. The van der Waals surface area contributed by atoms with E-state index in [-0.39, 0.29) is 28.7 Å². The molecule has 3 atom stereocenters. The lowest BCUT2D eigenvalue weighted by molar-refractivity contribution is 0.0751. The highest BCUT2D eigenvalue weighted by atomic mass is 19.1. The molecule has 0 aliphatic carbocycles. The number of benzene rings is 2. The summed E-state index contributed by atoms with van der Waals surface area (Å²) in [5.74, 6) is 0.494. The van der Waals surface area contributed by atoms with Gasteiger partial charge in [0.15, 0.2) is 11.6 Å². The average molecular weight is 600 g/mol. The Morgan fingerprint density at radius 3 is 2.80 bits per heavy atom. The van der Waals surface area contributed by atoms with Crippen LogP contribution in [0.2, 0.25) is 0 Å². The summed E-state index contributed by atoms with van der Waals surface area (Å²) < 4.78 is 20.4. The number of nitrogens with one attached hydrogen (secondary N) is 1. The summed E-state index contributed by atoms with van der Waals surface area (Å²) in [6.07, 6.45) is 4.22. The maximum atomic E-state index is 14.2. The Balaban J connectivity index is 1.15. The fraction of sp³-hybridized carbons (Fsp3) is 0.455. The molecule has 6 rings (SSSR count). The summed E-state index contributed by atoms with van der Waals surface area (Å²) >= 11 is 0. The minimum Gasteiger partial charge on any atom is -0.451 e. The molecule has 11 heteroatoms. The predicted octanol–water partition coefficient (Wildman–Crippen LogP) is 4.52. The number of carbonyl (C=O) groups is 1. The number of halogens is 1. The number of aliphatic hydroxyl groups is 1. The van der Waals surface area contributed by atoms with Gasteiger partial charge in [0, 0.05) is 50.4 Å². The average Bonchev–Trinajstić information content (AvgIpc) is 3.68. The molecular formula is C33H38FN7O3. The second kappa shape index (κ2) is 11.3. The first-order valence-corrected chi connectivity index (χ1v) is 15.0. The molecule has 230 valence electrons. The molecule has 2 fully saturated rings. The number of aliphatic hydroxyl groups excluding tert-OH is 1. The molecule has 0 bridgehead atoms. The first-order valence-electron chi connectivity index (χ1n) is 15.0. The van der Waals surface area contributed by atoms with Crippen LogP contribution in [0.4, 0.5) is 15.9 Å². The number of nitriles is 1. The highest BCUT2D eigenvalue weighted by molar-refractivity contribution is 5.97. The lowest BCUT2D eigenvalue weighted by Gasteiger charge is -2.26. The van der Waals surface area contributed by atoms with Crippen LogP contribution in [0.1, 0.15) is 55.1 Å². The van der Waals surface area contributed by atoms with Crippen molar-refractivity contribution in [1.82, 2.24) is 19.8 Å². The summed E-state index contributed by atoms with van der Waals surface area (Å²) in [4.78, 5) is 28.1. The first kappa shape index (κ1) is 29.8. The molecule has 10 nitrogen and oxygen atoms in total. The van der Waals surface area contributed by atoms with Gasteiger partial charge >= 0.3 is 0 Å². The van der Waals surface area contributed by atoms with Gasteiger partial charge in [0.05, 0.1) is 17.8 Å². The van der Waals surface area contributed by atoms with Gasteiger partial charge in [0.25, 0.3) is 5.91 Å². The van der Waals surface area contributed by atoms with Gasteiger partial charge in [-0.1, -0.05) is 12.1 Å². The fourth-order valence-electron chi connectivity index (χ4n) is 6.61. The smallest absolute Gasteiger partial charge is 0.257 e. The largest absolute Gasteiger partial charge is 0.451 e. The Labute approximate surface area is 257 Å². The van der Waals surface area contributed by atoms with Crippen molar-refractivity contribution < 1.29 is 19.0 Å². The van der Waals surface area contributed by atoms with Crippen molar-refractivity contribution in [2.24, 2.45) is 5.41 Å². The monoisotopic (exact) mass is 599 g/mol. The molecule has 4 heterocycles. The van der Waals surface area contributed by atoms with E-state index >= 15 is 0 Å². The summed E-state index contributed by atoms with van der Waals surface area (Å²) in [6, 6.07) is 12.2. The number of ether oxygens (including phenoxy) is 1. The van der Waals surface area contributed by atoms with Crippen molar-refractivity contribution in [3.63, 3.8) is 0 Å². The SMILES string of the molecule is CC(C)N(C)C(=O)c1cc(F)ccc1Oc1cncnc1N1CCC2(CCN(Cc3ccc4c(c3)NC(O)C4(C)C#N)C2)C1. The highest BCUT2D eigenvalue weighted by Gasteiger charge is 2.45. The van der Waals surface area contributed by atoms with E-state index in [0.717, 1.165) is 62.4 Å². The zero-order chi connectivity index (χ0) is 31.2. The Kier molecular flexibility index (Phi) is 7.68. The van der Waals surface area contributed by atoms with E-state index in [4.69, 9.17) is 4.74 Å². The van der Waals surface area contributed by atoms with Crippen LogP contribution in [0.3, 0.4) is 0 Å². The topological polar surface area (TPSA) is 118 Å². The van der Waals surface area contributed by atoms with Crippen LogP contribution in [0.5, 0.6) is 11.5 Å². The van der Waals surface area contributed by atoms with Gasteiger partial charge in [0.1, 0.15) is 29.5 Å². The maximum absolute atomic E-state index is 14.2. The van der Waals surface area contributed by atoms with Gasteiger partial charge in [-0.15, -0.1) is 0 Å².